The highest BCUT2D eigenvalue weighted by atomic mass is 16.6. The third-order valence-corrected chi connectivity index (χ3v) is 1.84. The van der Waals surface area contributed by atoms with E-state index in [0.29, 0.717) is 6.54 Å². The van der Waals surface area contributed by atoms with Gasteiger partial charge in [-0.2, -0.15) is 0 Å². The highest BCUT2D eigenvalue weighted by molar-refractivity contribution is 4.88. The van der Waals surface area contributed by atoms with Crippen molar-refractivity contribution in [2.24, 2.45) is 5.28 Å². The lowest BCUT2D eigenvalue weighted by Crippen LogP contribution is -2.33. The Balaban J connectivity index is 2.63. The Kier molecular flexibility index (Phi) is 2.30. The van der Waals surface area contributed by atoms with Gasteiger partial charge in [-0.3, -0.25) is 0 Å². The van der Waals surface area contributed by atoms with Crippen molar-refractivity contribution in [3.8, 4) is 0 Å². The van der Waals surface area contributed by atoms with E-state index in [1.807, 2.05) is 0 Å². The normalized spacial score (nSPS) is 25.6. The molecular weight excluding hydrogens is 146 g/mol. The largest absolute Gasteiger partial charge is 0.569 e. The lowest BCUT2D eigenvalue weighted by Gasteiger charge is -2.15. The van der Waals surface area contributed by atoms with Crippen molar-refractivity contribution in [1.82, 2.24) is 5.01 Å². The van der Waals surface area contributed by atoms with Crippen LogP contribution in [0.1, 0.15) is 12.8 Å². The van der Waals surface area contributed by atoms with Gasteiger partial charge in [0.15, 0.2) is 0 Å². The van der Waals surface area contributed by atoms with E-state index < -0.39 is 0 Å². The van der Waals surface area contributed by atoms with Gasteiger partial charge in [-0.1, -0.05) is 6.08 Å². The molecule has 1 fully saturated rings. The second-order valence-electron chi connectivity index (χ2n) is 2.45. The van der Waals surface area contributed by atoms with Crippen LogP contribution in [0, 0.1) is 5.21 Å². The fourth-order valence-corrected chi connectivity index (χ4v) is 1.28. The minimum atomic E-state index is 0.0170. The van der Waals surface area contributed by atoms with Crippen LogP contribution in [0.25, 0.3) is 0 Å². The lowest BCUT2D eigenvalue weighted by molar-refractivity contribution is -0.711. The van der Waals surface area contributed by atoms with E-state index in [4.69, 9.17) is 5.21 Å². The summed E-state index contributed by atoms with van der Waals surface area (Å²) in [6, 6.07) is 0.0170. The van der Waals surface area contributed by atoms with Gasteiger partial charge in [-0.05, 0) is 12.8 Å². The third-order valence-electron chi connectivity index (χ3n) is 1.84. The van der Waals surface area contributed by atoms with Gasteiger partial charge in [0.25, 0.3) is 0 Å². The molecule has 0 spiro atoms. The second-order valence-corrected chi connectivity index (χ2v) is 2.45. The maximum Gasteiger partial charge on any atom is 0.230 e. The number of hydrogen-bond donors (Lipinski definition) is 1. The molecule has 0 aliphatic carbocycles. The molecule has 0 bridgehead atoms. The zero-order valence-corrected chi connectivity index (χ0v) is 6.18. The fourth-order valence-electron chi connectivity index (χ4n) is 1.28. The number of rotatable bonds is 2. The van der Waals surface area contributed by atoms with Crippen LogP contribution in [-0.4, -0.2) is 27.8 Å². The Morgan fingerprint density at radius 2 is 2.55 bits per heavy atom. The first-order chi connectivity index (χ1) is 5.29. The van der Waals surface area contributed by atoms with Gasteiger partial charge in [-0.15, -0.1) is 11.6 Å². The Morgan fingerprint density at radius 1 is 1.82 bits per heavy atom. The van der Waals surface area contributed by atoms with Crippen molar-refractivity contribution >= 4 is 0 Å². The summed E-state index contributed by atoms with van der Waals surface area (Å²) in [5, 5.41) is 22.9. The maximum absolute atomic E-state index is 10.8. The molecule has 0 amide bonds. The van der Waals surface area contributed by atoms with Crippen molar-refractivity contribution in [2.75, 3.05) is 6.54 Å². The van der Waals surface area contributed by atoms with E-state index in [1.54, 1.807) is 6.08 Å². The van der Waals surface area contributed by atoms with E-state index in [-0.39, 0.29) is 11.0 Å². The van der Waals surface area contributed by atoms with Crippen LogP contribution < -0.4 is 0 Å². The molecule has 1 unspecified atom stereocenters. The molecule has 0 aromatic heterocycles. The summed E-state index contributed by atoms with van der Waals surface area (Å²) in [6.07, 6.45) is 3.52. The predicted octanol–water partition coefficient (Wildman–Crippen LogP) is 0.903. The van der Waals surface area contributed by atoms with Crippen LogP contribution in [0.15, 0.2) is 17.9 Å². The Morgan fingerprint density at radius 3 is 3.09 bits per heavy atom. The van der Waals surface area contributed by atoms with Gasteiger partial charge in [0.05, 0.1) is 11.5 Å². The minimum Gasteiger partial charge on any atom is -0.569 e. The standard InChI is InChI=1S/C6H11N3O2/c1-2-6-4-3-5-8(6)9(11)7-10/h2,6,10H,1,3-5H2. The molecule has 5 heteroatoms. The number of hydrogen-bond acceptors (Lipinski definition) is 2. The molecule has 1 aliphatic rings. The van der Waals surface area contributed by atoms with Gasteiger partial charge < -0.3 is 10.4 Å². The van der Waals surface area contributed by atoms with E-state index in [2.05, 4.69) is 11.9 Å². The van der Waals surface area contributed by atoms with E-state index in [1.165, 1.54) is 5.01 Å². The molecule has 11 heavy (non-hydrogen) atoms. The minimum absolute atomic E-state index is 0.0170. The monoisotopic (exact) mass is 157 g/mol. The third kappa shape index (κ3) is 1.42. The van der Waals surface area contributed by atoms with E-state index in [0.717, 1.165) is 12.8 Å². The van der Waals surface area contributed by atoms with Crippen LogP contribution >= 0.6 is 0 Å². The molecule has 5 nitrogen and oxygen atoms in total. The summed E-state index contributed by atoms with van der Waals surface area (Å²) in [7, 11) is 0. The first-order valence-electron chi connectivity index (χ1n) is 3.51. The van der Waals surface area contributed by atoms with E-state index >= 15 is 0 Å². The van der Waals surface area contributed by atoms with Gasteiger partial charge in [0.1, 0.15) is 6.04 Å². The smallest absolute Gasteiger partial charge is 0.230 e. The summed E-state index contributed by atoms with van der Waals surface area (Å²) >= 11 is 0. The SMILES string of the molecule is C=CC1CCCN1[N+]([O-])=NO. The molecule has 0 aromatic rings. The second kappa shape index (κ2) is 3.23. The van der Waals surface area contributed by atoms with Crippen LogP contribution in [0.3, 0.4) is 0 Å². The zero-order chi connectivity index (χ0) is 8.27. The number of nitrogens with zero attached hydrogens (tertiary/aromatic N) is 3. The highest BCUT2D eigenvalue weighted by Crippen LogP contribution is 2.17. The molecule has 1 heterocycles. The molecule has 0 radical (unpaired) electrons. The molecule has 0 aromatic carbocycles. The summed E-state index contributed by atoms with van der Waals surface area (Å²) in [4.78, 5) is 0.208. The summed E-state index contributed by atoms with van der Waals surface area (Å²) in [5.74, 6) is 0. The van der Waals surface area contributed by atoms with Crippen molar-refractivity contribution in [1.29, 1.82) is 0 Å². The lowest BCUT2D eigenvalue weighted by atomic mass is 10.2. The average molecular weight is 157 g/mol. The van der Waals surface area contributed by atoms with Crippen molar-refractivity contribution in [3.63, 3.8) is 0 Å². The maximum atomic E-state index is 10.8. The molecule has 1 saturated heterocycles. The van der Waals surface area contributed by atoms with Crippen LogP contribution in [0.4, 0.5) is 0 Å². The topological polar surface area (TPSA) is 61.9 Å². The molecule has 62 valence electrons. The molecule has 1 atom stereocenters. The van der Waals surface area contributed by atoms with Gasteiger partial charge in [0.2, 0.25) is 5.28 Å². The summed E-state index contributed by atoms with van der Waals surface area (Å²) < 4.78 is 0. The Hall–Kier alpha value is -1.26. The quantitative estimate of drug-likeness (QED) is 0.280. The summed E-state index contributed by atoms with van der Waals surface area (Å²) in [6.45, 7) is 4.21. The van der Waals surface area contributed by atoms with Gasteiger partial charge >= 0.3 is 0 Å². The average Bonchev–Trinajstić information content (AvgIpc) is 2.50. The molecule has 1 aliphatic heterocycles. The molecule has 1 N–H and O–H groups in total. The van der Waals surface area contributed by atoms with Crippen molar-refractivity contribution in [3.05, 3.63) is 17.9 Å². The molecular formula is C6H11N3O2. The number of hydrazine groups is 1. The Bertz CT molecular complexity index is 181. The molecule has 1 rings (SSSR count). The fraction of sp³-hybridized carbons (Fsp3) is 0.667. The summed E-state index contributed by atoms with van der Waals surface area (Å²) in [5.41, 5.74) is 0. The van der Waals surface area contributed by atoms with Crippen LogP contribution in [-0.2, 0) is 0 Å². The van der Waals surface area contributed by atoms with Gasteiger partial charge in [-0.25, -0.2) is 0 Å². The zero-order valence-electron chi connectivity index (χ0n) is 6.18. The molecule has 0 saturated carbocycles. The van der Waals surface area contributed by atoms with E-state index in [9.17, 15) is 5.21 Å². The predicted molar refractivity (Wildman–Crippen MR) is 37.8 cm³/mol. The van der Waals surface area contributed by atoms with Crippen molar-refractivity contribution in [2.45, 2.75) is 18.9 Å². The first-order valence-corrected chi connectivity index (χ1v) is 3.51. The Labute approximate surface area is 64.8 Å². The van der Waals surface area contributed by atoms with Gasteiger partial charge in [0, 0.05) is 0 Å². The first kappa shape index (κ1) is 7.84. The van der Waals surface area contributed by atoms with Crippen LogP contribution in [0.2, 0.25) is 0 Å². The van der Waals surface area contributed by atoms with Crippen molar-refractivity contribution < 1.29 is 10.2 Å². The van der Waals surface area contributed by atoms with Crippen LogP contribution in [0.5, 0.6) is 0 Å². The highest BCUT2D eigenvalue weighted by Gasteiger charge is 2.28.